The van der Waals surface area contributed by atoms with Crippen molar-refractivity contribution in [2.45, 2.75) is 92.5 Å². The predicted molar refractivity (Wildman–Crippen MR) is 162 cm³/mol. The number of fused-ring (bicyclic) bond motifs is 3. The standard InChI is InChI=1S/C32H36ClF2N3O4S/c1-37(43(40,41)29-15-7-20-16-28(14-6-21(20)17-29)42-27-4-2-3-5-27)30(32(34,35)22-8-10-23(33)11-9-22)31(39)38-25-12-13-26(38)19-24(36)18-25/h6-11,14-17,24-27,30H,2-5,12-13,18-19,36H2,1H3/t24?,25?,26?,30-/m0/s1. The zero-order valence-corrected chi connectivity index (χ0v) is 25.5. The highest BCUT2D eigenvalue weighted by molar-refractivity contribution is 7.89. The molecule has 6 rings (SSSR count). The molecule has 2 bridgehead atoms. The first-order valence-corrected chi connectivity index (χ1v) is 16.7. The van der Waals surface area contributed by atoms with Crippen molar-refractivity contribution < 1.29 is 26.7 Å². The first kappa shape index (κ1) is 30.2. The molecule has 2 aliphatic heterocycles. The van der Waals surface area contributed by atoms with Crippen LogP contribution in [-0.4, -0.2) is 60.8 Å². The second-order valence-corrected chi connectivity index (χ2v) is 14.5. The molecule has 43 heavy (non-hydrogen) atoms. The van der Waals surface area contributed by atoms with Crippen molar-refractivity contribution in [3.05, 3.63) is 71.2 Å². The second kappa shape index (κ2) is 11.6. The van der Waals surface area contributed by atoms with Gasteiger partial charge in [-0.25, -0.2) is 8.42 Å². The van der Waals surface area contributed by atoms with Crippen LogP contribution < -0.4 is 10.5 Å². The average Bonchev–Trinajstić information content (AvgIpc) is 3.58. The number of carbonyl (C=O) groups excluding carboxylic acids is 1. The van der Waals surface area contributed by atoms with Crippen LogP contribution in [-0.2, 0) is 20.7 Å². The molecule has 7 nitrogen and oxygen atoms in total. The van der Waals surface area contributed by atoms with Crippen molar-refractivity contribution in [1.82, 2.24) is 9.21 Å². The van der Waals surface area contributed by atoms with Gasteiger partial charge in [0.15, 0.2) is 6.04 Å². The molecule has 2 heterocycles. The van der Waals surface area contributed by atoms with Crippen LogP contribution in [0.3, 0.4) is 0 Å². The van der Waals surface area contributed by atoms with Gasteiger partial charge in [0.1, 0.15) is 5.75 Å². The lowest BCUT2D eigenvalue weighted by molar-refractivity contribution is -0.154. The van der Waals surface area contributed by atoms with E-state index in [9.17, 15) is 13.2 Å². The summed E-state index contributed by atoms with van der Waals surface area (Å²) in [6.07, 6.45) is 6.76. The largest absolute Gasteiger partial charge is 0.490 e. The van der Waals surface area contributed by atoms with Crippen LogP contribution in [0.4, 0.5) is 8.78 Å². The van der Waals surface area contributed by atoms with Crippen LogP contribution in [0, 0.1) is 0 Å². The van der Waals surface area contributed by atoms with Gasteiger partial charge in [-0.2, -0.15) is 13.1 Å². The van der Waals surface area contributed by atoms with Crippen LogP contribution in [0.2, 0.25) is 5.02 Å². The minimum Gasteiger partial charge on any atom is -0.490 e. The van der Waals surface area contributed by atoms with Crippen LogP contribution in [0.5, 0.6) is 5.75 Å². The third-order valence-corrected chi connectivity index (χ3v) is 11.3. The van der Waals surface area contributed by atoms with E-state index in [1.54, 1.807) is 18.2 Å². The van der Waals surface area contributed by atoms with Gasteiger partial charge < -0.3 is 15.4 Å². The van der Waals surface area contributed by atoms with Crippen molar-refractivity contribution in [1.29, 1.82) is 0 Å². The SMILES string of the molecule is CN([C@@H](C(=O)N1C2CCC1CC(N)C2)C(F)(F)c1ccc(Cl)cc1)S(=O)(=O)c1ccc2cc(OC3CCCC3)ccc2c1. The molecule has 11 heteroatoms. The molecule has 0 aromatic heterocycles. The monoisotopic (exact) mass is 631 g/mol. The van der Waals surface area contributed by atoms with E-state index in [4.69, 9.17) is 22.1 Å². The molecular weight excluding hydrogens is 596 g/mol. The maximum atomic E-state index is 16.4. The number of alkyl halides is 2. The smallest absolute Gasteiger partial charge is 0.298 e. The number of hydrogen-bond acceptors (Lipinski definition) is 5. The van der Waals surface area contributed by atoms with Gasteiger partial charge in [0, 0.05) is 35.8 Å². The molecule has 3 aromatic carbocycles. The van der Waals surface area contributed by atoms with Crippen molar-refractivity contribution in [3.8, 4) is 5.75 Å². The molecule has 1 amide bonds. The topological polar surface area (TPSA) is 92.9 Å². The number of ether oxygens (including phenoxy) is 1. The second-order valence-electron chi connectivity index (χ2n) is 12.1. The van der Waals surface area contributed by atoms with Crippen molar-refractivity contribution in [3.63, 3.8) is 0 Å². The van der Waals surface area contributed by atoms with E-state index in [0.29, 0.717) is 41.1 Å². The quantitative estimate of drug-likeness (QED) is 0.326. The number of carbonyl (C=O) groups is 1. The fourth-order valence-electron chi connectivity index (χ4n) is 7.03. The number of sulfonamides is 1. The Morgan fingerprint density at radius 1 is 0.977 bits per heavy atom. The number of benzene rings is 3. The highest BCUT2D eigenvalue weighted by Gasteiger charge is 2.56. The molecule has 230 valence electrons. The van der Waals surface area contributed by atoms with Crippen LogP contribution >= 0.6 is 11.6 Å². The van der Waals surface area contributed by atoms with E-state index in [-0.39, 0.29) is 34.1 Å². The Morgan fingerprint density at radius 2 is 1.58 bits per heavy atom. The average molecular weight is 632 g/mol. The first-order valence-electron chi connectivity index (χ1n) is 14.9. The van der Waals surface area contributed by atoms with Crippen molar-refractivity contribution in [2.75, 3.05) is 7.05 Å². The fraction of sp³-hybridized carbons (Fsp3) is 0.469. The predicted octanol–water partition coefficient (Wildman–Crippen LogP) is 6.08. The molecule has 0 radical (unpaired) electrons. The normalized spacial score (nSPS) is 23.7. The van der Waals surface area contributed by atoms with E-state index in [0.717, 1.165) is 50.2 Å². The van der Waals surface area contributed by atoms with Crippen LogP contribution in [0.25, 0.3) is 10.8 Å². The zero-order chi connectivity index (χ0) is 30.5. The minimum atomic E-state index is -4.54. The zero-order valence-electron chi connectivity index (χ0n) is 24.0. The summed E-state index contributed by atoms with van der Waals surface area (Å²) in [6.45, 7) is 0. The Bertz CT molecular complexity index is 1600. The highest BCUT2D eigenvalue weighted by atomic mass is 35.5. The number of amides is 1. The Labute approximate surface area is 256 Å². The molecule has 2 N–H and O–H groups in total. The molecule has 1 aliphatic carbocycles. The summed E-state index contributed by atoms with van der Waals surface area (Å²) in [5.74, 6) is -4.07. The lowest BCUT2D eigenvalue weighted by Crippen LogP contribution is -2.61. The summed E-state index contributed by atoms with van der Waals surface area (Å²) in [5.41, 5.74) is 5.68. The van der Waals surface area contributed by atoms with Gasteiger partial charge in [-0.15, -0.1) is 0 Å². The molecule has 3 aliphatic rings. The third-order valence-electron chi connectivity index (χ3n) is 9.26. The Morgan fingerprint density at radius 3 is 2.23 bits per heavy atom. The fourth-order valence-corrected chi connectivity index (χ4v) is 8.50. The molecular formula is C32H36ClF2N3O4S. The summed E-state index contributed by atoms with van der Waals surface area (Å²) < 4.78 is 67.5. The number of nitrogens with zero attached hydrogens (tertiary/aromatic N) is 2. The summed E-state index contributed by atoms with van der Waals surface area (Å²) >= 11 is 5.95. The Balaban J connectivity index is 1.35. The molecule has 3 aromatic rings. The third kappa shape index (κ3) is 5.75. The summed E-state index contributed by atoms with van der Waals surface area (Å²) in [4.78, 5) is 15.4. The summed E-state index contributed by atoms with van der Waals surface area (Å²) in [6, 6.07) is 11.7. The molecule has 2 saturated heterocycles. The van der Waals surface area contributed by atoms with Gasteiger partial charge in [0.2, 0.25) is 15.9 Å². The lowest BCUT2D eigenvalue weighted by Gasteiger charge is -2.42. The van der Waals surface area contributed by atoms with Crippen molar-refractivity contribution >= 4 is 38.3 Å². The van der Waals surface area contributed by atoms with Gasteiger partial charge in [-0.05, 0) is 98.5 Å². The molecule has 0 spiro atoms. The van der Waals surface area contributed by atoms with E-state index in [2.05, 4.69) is 0 Å². The van der Waals surface area contributed by atoms with Crippen LogP contribution in [0.15, 0.2) is 65.6 Å². The van der Waals surface area contributed by atoms with Crippen molar-refractivity contribution in [2.24, 2.45) is 5.73 Å². The minimum absolute atomic E-state index is 0.125. The summed E-state index contributed by atoms with van der Waals surface area (Å²) in [7, 11) is -3.49. The Hall–Kier alpha value is -2.79. The summed E-state index contributed by atoms with van der Waals surface area (Å²) in [5, 5.41) is 1.63. The first-order chi connectivity index (χ1) is 20.4. The van der Waals surface area contributed by atoms with Gasteiger partial charge in [-0.1, -0.05) is 35.9 Å². The van der Waals surface area contributed by atoms with Gasteiger partial charge >= 0.3 is 0 Å². The number of rotatable bonds is 8. The number of hydrogen-bond donors (Lipinski definition) is 1. The lowest BCUT2D eigenvalue weighted by atomic mass is 9.94. The van der Waals surface area contributed by atoms with Gasteiger partial charge in [-0.3, -0.25) is 4.79 Å². The van der Waals surface area contributed by atoms with E-state index in [1.165, 1.54) is 29.2 Å². The number of piperidine rings is 1. The molecule has 3 atom stereocenters. The highest BCUT2D eigenvalue weighted by Crippen LogP contribution is 2.42. The van der Waals surface area contributed by atoms with E-state index >= 15 is 8.78 Å². The molecule has 2 unspecified atom stereocenters. The Kier molecular flexibility index (Phi) is 8.17. The molecule has 3 fully saturated rings. The maximum Gasteiger partial charge on any atom is 0.298 e. The number of likely N-dealkylation sites (N-methyl/N-ethyl adjacent to an activating group) is 1. The number of nitrogens with two attached hydrogens (primary N) is 1. The van der Waals surface area contributed by atoms with E-state index in [1.807, 2.05) is 6.07 Å². The maximum absolute atomic E-state index is 16.4. The van der Waals surface area contributed by atoms with Crippen LogP contribution in [0.1, 0.15) is 56.9 Å². The van der Waals surface area contributed by atoms with E-state index < -0.39 is 33.5 Å². The number of halogens is 3. The van der Waals surface area contributed by atoms with Gasteiger partial charge in [0.25, 0.3) is 5.92 Å². The van der Waals surface area contributed by atoms with Gasteiger partial charge in [0.05, 0.1) is 11.0 Å². The molecule has 1 saturated carbocycles.